The summed E-state index contributed by atoms with van der Waals surface area (Å²) < 4.78 is 34.8. The second kappa shape index (κ2) is 5.98. The number of amides is 1. The van der Waals surface area contributed by atoms with E-state index in [-0.39, 0.29) is 11.3 Å². The molecule has 0 fully saturated rings. The number of sulfonamides is 1. The van der Waals surface area contributed by atoms with Crippen LogP contribution in [0.2, 0.25) is 0 Å². The SMILES string of the molecule is NS(=O)(=O)Cc1ccc(NC(=O)c2ccnc(F)c2)cc1. The quantitative estimate of drug-likeness (QED) is 0.830. The van der Waals surface area contributed by atoms with Crippen LogP contribution < -0.4 is 10.5 Å². The number of primary sulfonamides is 1. The Bertz CT molecular complexity index is 760. The molecule has 8 heteroatoms. The van der Waals surface area contributed by atoms with Gasteiger partial charge in [0.1, 0.15) is 0 Å². The summed E-state index contributed by atoms with van der Waals surface area (Å²) >= 11 is 0. The predicted molar refractivity (Wildman–Crippen MR) is 75.4 cm³/mol. The molecule has 0 unspecified atom stereocenters. The average Bonchev–Trinajstić information content (AvgIpc) is 2.39. The highest BCUT2D eigenvalue weighted by Gasteiger charge is 2.08. The maximum absolute atomic E-state index is 12.9. The van der Waals surface area contributed by atoms with Crippen LogP contribution in [0.1, 0.15) is 15.9 Å². The van der Waals surface area contributed by atoms with Gasteiger partial charge >= 0.3 is 0 Å². The van der Waals surface area contributed by atoms with Crippen molar-refractivity contribution in [2.24, 2.45) is 5.14 Å². The molecule has 2 rings (SSSR count). The van der Waals surface area contributed by atoms with Crippen LogP contribution >= 0.6 is 0 Å². The summed E-state index contributed by atoms with van der Waals surface area (Å²) in [6.45, 7) is 0. The van der Waals surface area contributed by atoms with E-state index in [1.54, 1.807) is 0 Å². The third-order valence-electron chi connectivity index (χ3n) is 2.57. The molecule has 0 atom stereocenters. The largest absolute Gasteiger partial charge is 0.322 e. The van der Waals surface area contributed by atoms with Crippen LogP contribution in [0.4, 0.5) is 10.1 Å². The standard InChI is InChI=1S/C13H12FN3O3S/c14-12-7-10(5-6-16-12)13(18)17-11-3-1-9(2-4-11)8-21(15,19)20/h1-7H,8H2,(H,17,18)(H2,15,19,20). The molecule has 0 aliphatic heterocycles. The summed E-state index contributed by atoms with van der Waals surface area (Å²) in [7, 11) is -3.60. The first-order chi connectivity index (χ1) is 9.83. The van der Waals surface area contributed by atoms with E-state index in [4.69, 9.17) is 5.14 Å². The van der Waals surface area contributed by atoms with Gasteiger partial charge in [-0.3, -0.25) is 4.79 Å². The number of hydrogen-bond donors (Lipinski definition) is 2. The van der Waals surface area contributed by atoms with Crippen LogP contribution in [0.25, 0.3) is 0 Å². The monoisotopic (exact) mass is 309 g/mol. The van der Waals surface area contributed by atoms with E-state index < -0.39 is 21.9 Å². The number of anilines is 1. The molecule has 1 aromatic carbocycles. The number of hydrogen-bond acceptors (Lipinski definition) is 4. The first-order valence-electron chi connectivity index (χ1n) is 5.86. The lowest BCUT2D eigenvalue weighted by Crippen LogP contribution is -2.15. The molecule has 1 aromatic heterocycles. The molecular weight excluding hydrogens is 297 g/mol. The van der Waals surface area contributed by atoms with Gasteiger partial charge in [-0.25, -0.2) is 18.5 Å². The fourth-order valence-corrected chi connectivity index (χ4v) is 2.32. The van der Waals surface area contributed by atoms with Gasteiger partial charge in [0.2, 0.25) is 16.0 Å². The molecule has 2 aromatic rings. The number of carbonyl (C=O) groups excluding carboxylic acids is 1. The smallest absolute Gasteiger partial charge is 0.255 e. The summed E-state index contributed by atoms with van der Waals surface area (Å²) in [6.07, 6.45) is 1.19. The molecule has 0 bridgehead atoms. The van der Waals surface area contributed by atoms with Crippen molar-refractivity contribution >= 4 is 21.6 Å². The lowest BCUT2D eigenvalue weighted by atomic mass is 10.2. The van der Waals surface area contributed by atoms with Crippen molar-refractivity contribution in [1.82, 2.24) is 4.98 Å². The van der Waals surface area contributed by atoms with E-state index in [1.807, 2.05) is 0 Å². The Kier molecular flexibility index (Phi) is 4.29. The summed E-state index contributed by atoms with van der Waals surface area (Å²) in [5.41, 5.74) is 1.09. The van der Waals surface area contributed by atoms with Gasteiger partial charge in [0.05, 0.1) is 5.75 Å². The Morgan fingerprint density at radius 3 is 2.48 bits per heavy atom. The number of benzene rings is 1. The normalized spacial score (nSPS) is 11.1. The lowest BCUT2D eigenvalue weighted by Gasteiger charge is -2.06. The second-order valence-corrected chi connectivity index (χ2v) is 5.94. The molecule has 0 saturated heterocycles. The minimum Gasteiger partial charge on any atom is -0.322 e. The molecule has 6 nitrogen and oxygen atoms in total. The van der Waals surface area contributed by atoms with Gasteiger partial charge in [0, 0.05) is 23.5 Å². The first-order valence-corrected chi connectivity index (χ1v) is 7.57. The zero-order chi connectivity index (χ0) is 15.5. The first kappa shape index (κ1) is 15.1. The predicted octanol–water partition coefficient (Wildman–Crippen LogP) is 1.26. The molecule has 110 valence electrons. The summed E-state index contributed by atoms with van der Waals surface area (Å²) in [5.74, 6) is -1.52. The summed E-state index contributed by atoms with van der Waals surface area (Å²) in [5, 5.41) is 7.50. The number of aromatic nitrogens is 1. The molecule has 0 saturated carbocycles. The van der Waals surface area contributed by atoms with Crippen molar-refractivity contribution in [2.75, 3.05) is 5.32 Å². The van der Waals surface area contributed by atoms with Gasteiger partial charge in [-0.2, -0.15) is 4.39 Å². The number of rotatable bonds is 4. The molecule has 0 spiro atoms. The van der Waals surface area contributed by atoms with E-state index in [0.717, 1.165) is 6.07 Å². The third kappa shape index (κ3) is 4.62. The molecule has 0 aliphatic carbocycles. The van der Waals surface area contributed by atoms with Gasteiger partial charge in [-0.1, -0.05) is 12.1 Å². The highest BCUT2D eigenvalue weighted by atomic mass is 32.2. The third-order valence-corrected chi connectivity index (χ3v) is 3.30. The van der Waals surface area contributed by atoms with Crippen LogP contribution in [0, 0.1) is 5.95 Å². The van der Waals surface area contributed by atoms with Gasteiger partial charge in [0.15, 0.2) is 0 Å². The number of nitrogens with zero attached hydrogens (tertiary/aromatic N) is 1. The summed E-state index contributed by atoms with van der Waals surface area (Å²) in [4.78, 5) is 15.2. The number of carbonyl (C=O) groups is 1. The molecule has 21 heavy (non-hydrogen) atoms. The van der Waals surface area contributed by atoms with E-state index in [9.17, 15) is 17.6 Å². The van der Waals surface area contributed by atoms with Crippen molar-refractivity contribution in [2.45, 2.75) is 5.75 Å². The van der Waals surface area contributed by atoms with Crippen LogP contribution in [-0.4, -0.2) is 19.3 Å². The number of nitrogens with two attached hydrogens (primary N) is 1. The summed E-state index contributed by atoms with van der Waals surface area (Å²) in [6, 6.07) is 8.55. The van der Waals surface area contributed by atoms with Gasteiger partial charge in [0.25, 0.3) is 5.91 Å². The zero-order valence-corrected chi connectivity index (χ0v) is 11.6. The van der Waals surface area contributed by atoms with Gasteiger partial charge in [-0.15, -0.1) is 0 Å². The molecule has 0 radical (unpaired) electrons. The van der Waals surface area contributed by atoms with Crippen LogP contribution in [0.3, 0.4) is 0 Å². The number of nitrogens with one attached hydrogen (secondary N) is 1. The fourth-order valence-electron chi connectivity index (χ4n) is 1.66. The van der Waals surface area contributed by atoms with E-state index in [1.165, 1.54) is 36.5 Å². The Hall–Kier alpha value is -2.32. The van der Waals surface area contributed by atoms with Crippen LogP contribution in [0.15, 0.2) is 42.6 Å². The zero-order valence-electron chi connectivity index (χ0n) is 10.8. The Morgan fingerprint density at radius 2 is 1.90 bits per heavy atom. The molecule has 3 N–H and O–H groups in total. The molecule has 1 amide bonds. The van der Waals surface area contributed by atoms with Crippen molar-refractivity contribution in [3.63, 3.8) is 0 Å². The van der Waals surface area contributed by atoms with Gasteiger partial charge < -0.3 is 5.32 Å². The second-order valence-electron chi connectivity index (χ2n) is 4.33. The topological polar surface area (TPSA) is 102 Å². The number of pyridine rings is 1. The van der Waals surface area contributed by atoms with Crippen molar-refractivity contribution in [1.29, 1.82) is 0 Å². The highest BCUT2D eigenvalue weighted by molar-refractivity contribution is 7.88. The Labute approximate surface area is 120 Å². The fraction of sp³-hybridized carbons (Fsp3) is 0.0769. The average molecular weight is 309 g/mol. The highest BCUT2D eigenvalue weighted by Crippen LogP contribution is 2.13. The lowest BCUT2D eigenvalue weighted by molar-refractivity contribution is 0.102. The molecular formula is C13H12FN3O3S. The van der Waals surface area contributed by atoms with Crippen molar-refractivity contribution < 1.29 is 17.6 Å². The Morgan fingerprint density at radius 1 is 1.24 bits per heavy atom. The van der Waals surface area contributed by atoms with E-state index >= 15 is 0 Å². The van der Waals surface area contributed by atoms with Crippen molar-refractivity contribution in [3.05, 3.63) is 59.7 Å². The molecule has 1 heterocycles. The minimum absolute atomic E-state index is 0.135. The maximum atomic E-state index is 12.9. The van der Waals surface area contributed by atoms with Crippen LogP contribution in [0.5, 0.6) is 0 Å². The maximum Gasteiger partial charge on any atom is 0.255 e. The Balaban J connectivity index is 2.08. The minimum atomic E-state index is -3.60. The van der Waals surface area contributed by atoms with E-state index in [0.29, 0.717) is 11.3 Å². The van der Waals surface area contributed by atoms with E-state index in [2.05, 4.69) is 10.3 Å². The van der Waals surface area contributed by atoms with Crippen LogP contribution in [-0.2, 0) is 15.8 Å². The van der Waals surface area contributed by atoms with Crippen molar-refractivity contribution in [3.8, 4) is 0 Å². The molecule has 0 aliphatic rings. The van der Waals surface area contributed by atoms with Gasteiger partial charge in [-0.05, 0) is 23.8 Å². The number of halogens is 1.